The molecule has 76 valence electrons. The molecule has 0 saturated heterocycles. The smallest absolute Gasteiger partial charge is 0.120 e. The Morgan fingerprint density at radius 3 is 2.64 bits per heavy atom. The van der Waals surface area contributed by atoms with Crippen LogP contribution in [0.5, 0.6) is 5.75 Å². The van der Waals surface area contributed by atoms with Gasteiger partial charge < -0.3 is 4.74 Å². The normalized spacial score (nSPS) is 17.9. The van der Waals surface area contributed by atoms with Gasteiger partial charge in [-0.05, 0) is 36.5 Å². The Hall–Kier alpha value is -0.0200. The Morgan fingerprint density at radius 1 is 1.43 bits per heavy atom. The van der Waals surface area contributed by atoms with Crippen LogP contribution in [0.3, 0.4) is 0 Å². The Balaban J connectivity index is 2.24. The van der Waals surface area contributed by atoms with Gasteiger partial charge in [0.05, 0.1) is 7.11 Å². The average molecular weight is 320 g/mol. The molecule has 1 fully saturated rings. The number of ether oxygens (including phenoxy) is 1. The summed E-state index contributed by atoms with van der Waals surface area (Å²) in [5.41, 5.74) is 1.33. The molecule has 0 aromatic heterocycles. The van der Waals surface area contributed by atoms with Crippen molar-refractivity contribution in [1.29, 1.82) is 0 Å². The Labute approximate surface area is 101 Å². The van der Waals surface area contributed by atoms with E-state index in [4.69, 9.17) is 4.74 Å². The second-order valence-electron chi connectivity index (χ2n) is 3.63. The molecule has 0 bridgehead atoms. The van der Waals surface area contributed by atoms with Crippen molar-refractivity contribution in [2.75, 3.05) is 7.11 Å². The first-order valence-electron chi connectivity index (χ1n) is 4.70. The van der Waals surface area contributed by atoms with Crippen LogP contribution >= 0.6 is 31.9 Å². The molecule has 14 heavy (non-hydrogen) atoms. The number of rotatable bonds is 3. The lowest BCUT2D eigenvalue weighted by Crippen LogP contribution is -1.94. The molecule has 1 aromatic carbocycles. The van der Waals surface area contributed by atoms with Crippen LogP contribution in [0.1, 0.15) is 23.2 Å². The highest BCUT2D eigenvalue weighted by molar-refractivity contribution is 9.11. The van der Waals surface area contributed by atoms with Crippen molar-refractivity contribution in [2.45, 2.75) is 17.7 Å². The zero-order chi connectivity index (χ0) is 10.1. The number of hydrogen-bond acceptors (Lipinski definition) is 1. The minimum Gasteiger partial charge on any atom is -0.497 e. The van der Waals surface area contributed by atoms with Crippen LogP contribution in [0.4, 0.5) is 0 Å². The predicted octanol–water partition coefficient (Wildman–Crippen LogP) is 4.30. The van der Waals surface area contributed by atoms with E-state index in [1.807, 2.05) is 12.1 Å². The van der Waals surface area contributed by atoms with E-state index in [-0.39, 0.29) is 0 Å². The van der Waals surface area contributed by atoms with E-state index < -0.39 is 0 Å². The van der Waals surface area contributed by atoms with E-state index in [2.05, 4.69) is 37.9 Å². The van der Waals surface area contributed by atoms with E-state index in [1.54, 1.807) is 7.11 Å². The van der Waals surface area contributed by atoms with Crippen LogP contribution < -0.4 is 4.74 Å². The Morgan fingerprint density at radius 2 is 2.14 bits per heavy atom. The highest BCUT2D eigenvalue weighted by atomic mass is 79.9. The zero-order valence-corrected chi connectivity index (χ0v) is 11.1. The molecule has 0 spiro atoms. The highest BCUT2D eigenvalue weighted by Crippen LogP contribution is 2.48. The first-order chi connectivity index (χ1) is 6.72. The lowest BCUT2D eigenvalue weighted by atomic mass is 10.1. The third-order valence-corrected chi connectivity index (χ3v) is 4.47. The maximum absolute atomic E-state index is 5.16. The number of alkyl halides is 1. The van der Waals surface area contributed by atoms with Gasteiger partial charge in [0.1, 0.15) is 5.75 Å². The lowest BCUT2D eigenvalue weighted by molar-refractivity contribution is 0.414. The zero-order valence-electron chi connectivity index (χ0n) is 7.97. The third kappa shape index (κ3) is 2.14. The van der Waals surface area contributed by atoms with E-state index in [0.29, 0.717) is 4.83 Å². The van der Waals surface area contributed by atoms with Gasteiger partial charge in [0.2, 0.25) is 0 Å². The van der Waals surface area contributed by atoms with Crippen molar-refractivity contribution in [3.8, 4) is 5.75 Å². The summed E-state index contributed by atoms with van der Waals surface area (Å²) >= 11 is 7.31. The van der Waals surface area contributed by atoms with E-state index in [0.717, 1.165) is 16.1 Å². The van der Waals surface area contributed by atoms with Crippen molar-refractivity contribution in [2.24, 2.45) is 5.92 Å². The van der Waals surface area contributed by atoms with Gasteiger partial charge in [0, 0.05) is 9.30 Å². The standard InChI is InChI=1S/C11H12Br2O/c1-14-8-4-5-9(10(12)6-8)11(13)7-2-3-7/h4-7,11H,2-3H2,1H3. The molecule has 1 aliphatic rings. The number of benzene rings is 1. The van der Waals surface area contributed by atoms with Crippen LogP contribution in [-0.4, -0.2) is 7.11 Å². The van der Waals surface area contributed by atoms with Crippen LogP contribution in [0, 0.1) is 5.92 Å². The molecular formula is C11H12Br2O. The third-order valence-electron chi connectivity index (χ3n) is 2.54. The lowest BCUT2D eigenvalue weighted by Gasteiger charge is -2.11. The molecule has 0 heterocycles. The Bertz CT molecular complexity index is 334. The van der Waals surface area contributed by atoms with Crippen molar-refractivity contribution in [3.05, 3.63) is 28.2 Å². The molecular weight excluding hydrogens is 308 g/mol. The maximum atomic E-state index is 5.16. The first kappa shape index (κ1) is 10.5. The molecule has 0 amide bonds. The van der Waals surface area contributed by atoms with Gasteiger partial charge in [-0.25, -0.2) is 0 Å². The monoisotopic (exact) mass is 318 g/mol. The van der Waals surface area contributed by atoms with Crippen LogP contribution in [0.15, 0.2) is 22.7 Å². The number of halogens is 2. The fraction of sp³-hybridized carbons (Fsp3) is 0.455. The summed E-state index contributed by atoms with van der Waals surface area (Å²) in [7, 11) is 1.69. The minimum atomic E-state index is 0.489. The molecule has 0 N–H and O–H groups in total. The molecule has 1 aromatic rings. The van der Waals surface area contributed by atoms with Gasteiger partial charge in [-0.1, -0.05) is 37.9 Å². The predicted molar refractivity (Wildman–Crippen MR) is 65.1 cm³/mol. The van der Waals surface area contributed by atoms with Crippen LogP contribution in [0.25, 0.3) is 0 Å². The first-order valence-corrected chi connectivity index (χ1v) is 6.40. The van der Waals surface area contributed by atoms with E-state index in [1.165, 1.54) is 18.4 Å². The molecule has 1 unspecified atom stereocenters. The Kier molecular flexibility index (Phi) is 3.17. The van der Waals surface area contributed by atoms with Gasteiger partial charge in [-0.3, -0.25) is 0 Å². The molecule has 1 saturated carbocycles. The summed E-state index contributed by atoms with van der Waals surface area (Å²) in [6.07, 6.45) is 2.68. The van der Waals surface area contributed by atoms with Gasteiger partial charge in [0.15, 0.2) is 0 Å². The summed E-state index contributed by atoms with van der Waals surface area (Å²) < 4.78 is 6.29. The summed E-state index contributed by atoms with van der Waals surface area (Å²) in [6, 6.07) is 6.16. The molecule has 1 atom stereocenters. The van der Waals surface area contributed by atoms with Crippen molar-refractivity contribution in [1.82, 2.24) is 0 Å². The summed E-state index contributed by atoms with van der Waals surface area (Å²) in [6.45, 7) is 0. The second kappa shape index (κ2) is 4.23. The quantitative estimate of drug-likeness (QED) is 0.755. The largest absolute Gasteiger partial charge is 0.497 e. The fourth-order valence-corrected chi connectivity index (χ4v) is 3.34. The fourth-order valence-electron chi connectivity index (χ4n) is 1.50. The molecule has 2 rings (SSSR count). The highest BCUT2D eigenvalue weighted by Gasteiger charge is 2.31. The van der Waals surface area contributed by atoms with Gasteiger partial charge >= 0.3 is 0 Å². The van der Waals surface area contributed by atoms with Gasteiger partial charge in [0.25, 0.3) is 0 Å². The maximum Gasteiger partial charge on any atom is 0.120 e. The molecule has 1 nitrogen and oxygen atoms in total. The van der Waals surface area contributed by atoms with E-state index in [9.17, 15) is 0 Å². The molecule has 0 aliphatic heterocycles. The van der Waals surface area contributed by atoms with Gasteiger partial charge in [-0.2, -0.15) is 0 Å². The number of methoxy groups -OCH3 is 1. The van der Waals surface area contributed by atoms with Crippen LogP contribution in [0.2, 0.25) is 0 Å². The summed E-state index contributed by atoms with van der Waals surface area (Å²) in [5, 5.41) is 0. The van der Waals surface area contributed by atoms with Gasteiger partial charge in [-0.15, -0.1) is 0 Å². The topological polar surface area (TPSA) is 9.23 Å². The average Bonchev–Trinajstić information content (AvgIpc) is 3.00. The van der Waals surface area contributed by atoms with Crippen molar-refractivity contribution >= 4 is 31.9 Å². The van der Waals surface area contributed by atoms with Crippen LogP contribution in [-0.2, 0) is 0 Å². The molecule has 1 aliphatic carbocycles. The molecule has 0 radical (unpaired) electrons. The minimum absolute atomic E-state index is 0.489. The second-order valence-corrected chi connectivity index (χ2v) is 5.47. The summed E-state index contributed by atoms with van der Waals surface area (Å²) in [5.74, 6) is 1.72. The van der Waals surface area contributed by atoms with Crippen molar-refractivity contribution in [3.63, 3.8) is 0 Å². The summed E-state index contributed by atoms with van der Waals surface area (Å²) in [4.78, 5) is 0.489. The SMILES string of the molecule is COc1ccc(C(Br)C2CC2)c(Br)c1. The van der Waals surface area contributed by atoms with Crippen molar-refractivity contribution < 1.29 is 4.74 Å². The molecule has 3 heteroatoms. The number of hydrogen-bond donors (Lipinski definition) is 0. The van der Waals surface area contributed by atoms with E-state index >= 15 is 0 Å².